The molecule has 0 aromatic carbocycles. The fraction of sp³-hybridized carbons (Fsp3) is 0.455. The maximum Gasteiger partial charge on any atom is 0.156 e. The summed E-state index contributed by atoms with van der Waals surface area (Å²) in [5, 5.41) is 3.42. The van der Waals surface area contributed by atoms with Gasteiger partial charge in [-0.1, -0.05) is 31.5 Å². The molecule has 4 heteroatoms. The molecule has 0 aliphatic rings. The minimum Gasteiger partial charge on any atom is -0.307 e. The zero-order valence-corrected chi connectivity index (χ0v) is 9.88. The third-order valence-corrected chi connectivity index (χ3v) is 2.45. The van der Waals surface area contributed by atoms with Gasteiger partial charge in [0.2, 0.25) is 0 Å². The second kappa shape index (κ2) is 5.24. The van der Waals surface area contributed by atoms with Crippen LogP contribution in [0.25, 0.3) is 0 Å². The molecule has 1 rings (SSSR count). The highest BCUT2D eigenvalue weighted by atomic mass is 35.5. The molecule has 1 N–H and O–H groups in total. The summed E-state index contributed by atoms with van der Waals surface area (Å²) in [6.45, 7) is 3.77. The summed E-state index contributed by atoms with van der Waals surface area (Å²) in [4.78, 5) is 15.8. The Morgan fingerprint density at radius 2 is 2.13 bits per heavy atom. The largest absolute Gasteiger partial charge is 0.307 e. The van der Waals surface area contributed by atoms with Gasteiger partial charge >= 0.3 is 0 Å². The van der Waals surface area contributed by atoms with E-state index in [1.807, 2.05) is 19.9 Å². The molecule has 0 fully saturated rings. The number of carbonyl (C=O) groups is 1. The molecule has 1 heterocycles. The van der Waals surface area contributed by atoms with Gasteiger partial charge in [0, 0.05) is 12.1 Å². The molecule has 0 radical (unpaired) electrons. The van der Waals surface area contributed by atoms with Crippen LogP contribution in [-0.2, 0) is 4.79 Å². The number of Topliss-reactive ketones (excluding diaryl/α,β-unsaturated/α-hetero) is 1. The van der Waals surface area contributed by atoms with Gasteiger partial charge in [0.05, 0.1) is 6.04 Å². The topological polar surface area (TPSA) is 42.0 Å². The van der Waals surface area contributed by atoms with E-state index in [0.717, 1.165) is 5.56 Å². The number of hydrogen-bond acceptors (Lipinski definition) is 3. The van der Waals surface area contributed by atoms with E-state index in [-0.39, 0.29) is 17.7 Å². The molecule has 0 bridgehead atoms. The maximum atomic E-state index is 11.8. The fourth-order valence-corrected chi connectivity index (χ4v) is 1.48. The van der Waals surface area contributed by atoms with Crippen LogP contribution in [0.5, 0.6) is 0 Å². The molecular formula is C11H15ClN2O. The smallest absolute Gasteiger partial charge is 0.156 e. The van der Waals surface area contributed by atoms with E-state index in [2.05, 4.69) is 10.3 Å². The zero-order valence-electron chi connectivity index (χ0n) is 9.12. The van der Waals surface area contributed by atoms with Crippen molar-refractivity contribution in [2.75, 3.05) is 7.05 Å². The third kappa shape index (κ3) is 3.01. The molecule has 0 saturated heterocycles. The van der Waals surface area contributed by atoms with Gasteiger partial charge in [-0.2, -0.15) is 0 Å². The summed E-state index contributed by atoms with van der Waals surface area (Å²) in [6.07, 6.45) is 1.63. The van der Waals surface area contributed by atoms with Crippen LogP contribution in [0.3, 0.4) is 0 Å². The third-order valence-electron chi connectivity index (χ3n) is 2.23. The van der Waals surface area contributed by atoms with Crippen molar-refractivity contribution >= 4 is 17.4 Å². The summed E-state index contributed by atoms with van der Waals surface area (Å²) in [5.41, 5.74) is 0.848. The van der Waals surface area contributed by atoms with Gasteiger partial charge in [-0.15, -0.1) is 0 Å². The van der Waals surface area contributed by atoms with Crippen molar-refractivity contribution in [3.8, 4) is 0 Å². The van der Waals surface area contributed by atoms with Crippen molar-refractivity contribution in [2.45, 2.75) is 19.9 Å². The molecule has 82 valence electrons. The molecule has 0 spiro atoms. The van der Waals surface area contributed by atoms with E-state index >= 15 is 0 Å². The van der Waals surface area contributed by atoms with E-state index in [1.165, 1.54) is 0 Å². The lowest BCUT2D eigenvalue weighted by Gasteiger charge is -2.17. The first kappa shape index (κ1) is 12.1. The number of ketones is 1. The highest BCUT2D eigenvalue weighted by Crippen LogP contribution is 2.17. The molecule has 3 nitrogen and oxygen atoms in total. The number of carbonyl (C=O) groups excluding carboxylic acids is 1. The van der Waals surface area contributed by atoms with Crippen LogP contribution in [0.2, 0.25) is 5.15 Å². The van der Waals surface area contributed by atoms with Crippen LogP contribution >= 0.6 is 11.6 Å². The van der Waals surface area contributed by atoms with Gasteiger partial charge in [0.25, 0.3) is 0 Å². The van der Waals surface area contributed by atoms with Crippen LogP contribution in [0.15, 0.2) is 18.3 Å². The SMILES string of the molecule is CNC(C(=O)C(C)C)c1ccc(Cl)nc1. The first-order valence-corrected chi connectivity index (χ1v) is 5.26. The van der Waals surface area contributed by atoms with Crippen LogP contribution in [-0.4, -0.2) is 17.8 Å². The molecular weight excluding hydrogens is 212 g/mol. The molecule has 1 aromatic rings. The first-order valence-electron chi connectivity index (χ1n) is 4.88. The molecule has 0 saturated carbocycles. The number of halogens is 1. The van der Waals surface area contributed by atoms with Crippen molar-refractivity contribution in [3.63, 3.8) is 0 Å². The maximum absolute atomic E-state index is 11.8. The van der Waals surface area contributed by atoms with Crippen molar-refractivity contribution < 1.29 is 4.79 Å². The number of nitrogens with one attached hydrogen (secondary N) is 1. The summed E-state index contributed by atoms with van der Waals surface area (Å²) >= 11 is 5.69. The second-order valence-electron chi connectivity index (χ2n) is 3.69. The number of likely N-dealkylation sites (N-methyl/N-ethyl adjacent to an activating group) is 1. The fourth-order valence-electron chi connectivity index (χ4n) is 1.36. The molecule has 1 aromatic heterocycles. The Hall–Kier alpha value is -0.930. The standard InChI is InChI=1S/C11H15ClN2O/c1-7(2)11(15)10(13-3)8-4-5-9(12)14-6-8/h4-7,10,13H,1-3H3. The van der Waals surface area contributed by atoms with Crippen molar-refractivity contribution in [3.05, 3.63) is 29.0 Å². The van der Waals surface area contributed by atoms with Crippen molar-refractivity contribution in [1.29, 1.82) is 0 Å². The highest BCUT2D eigenvalue weighted by molar-refractivity contribution is 6.29. The Morgan fingerprint density at radius 1 is 1.47 bits per heavy atom. The summed E-state index contributed by atoms with van der Waals surface area (Å²) < 4.78 is 0. The minimum atomic E-state index is -0.297. The lowest BCUT2D eigenvalue weighted by molar-refractivity contribution is -0.124. The predicted molar refractivity (Wildman–Crippen MR) is 60.9 cm³/mol. The normalized spacial score (nSPS) is 12.9. The van der Waals surface area contributed by atoms with Gasteiger partial charge in [0.1, 0.15) is 5.15 Å². The lowest BCUT2D eigenvalue weighted by atomic mass is 9.97. The number of pyridine rings is 1. The van der Waals surface area contributed by atoms with Gasteiger partial charge in [-0.25, -0.2) is 4.98 Å². The zero-order chi connectivity index (χ0) is 11.4. The van der Waals surface area contributed by atoms with E-state index in [1.54, 1.807) is 19.3 Å². The summed E-state index contributed by atoms with van der Waals surface area (Å²) in [5.74, 6) is 0.153. The number of rotatable bonds is 4. The Morgan fingerprint density at radius 3 is 2.53 bits per heavy atom. The van der Waals surface area contributed by atoms with Crippen molar-refractivity contribution in [2.24, 2.45) is 5.92 Å². The quantitative estimate of drug-likeness (QED) is 0.801. The van der Waals surface area contributed by atoms with Crippen LogP contribution in [0, 0.1) is 5.92 Å². The van der Waals surface area contributed by atoms with Crippen molar-refractivity contribution in [1.82, 2.24) is 10.3 Å². The van der Waals surface area contributed by atoms with Gasteiger partial charge in [-0.3, -0.25) is 4.79 Å². The number of hydrogen-bond donors (Lipinski definition) is 1. The Bertz CT molecular complexity index is 335. The molecule has 1 unspecified atom stereocenters. The number of aromatic nitrogens is 1. The van der Waals surface area contributed by atoms with E-state index in [0.29, 0.717) is 5.15 Å². The van der Waals surface area contributed by atoms with E-state index < -0.39 is 0 Å². The predicted octanol–water partition coefficient (Wildman–Crippen LogP) is 2.22. The lowest BCUT2D eigenvalue weighted by Crippen LogP contribution is -2.28. The Labute approximate surface area is 94.9 Å². The monoisotopic (exact) mass is 226 g/mol. The molecule has 0 aliphatic heterocycles. The van der Waals surface area contributed by atoms with Crippen LogP contribution < -0.4 is 5.32 Å². The molecule has 15 heavy (non-hydrogen) atoms. The Balaban J connectivity index is 2.92. The average molecular weight is 227 g/mol. The molecule has 0 aliphatic carbocycles. The number of nitrogens with zero attached hydrogens (tertiary/aromatic N) is 1. The van der Waals surface area contributed by atoms with Gasteiger partial charge in [0.15, 0.2) is 5.78 Å². The summed E-state index contributed by atoms with van der Waals surface area (Å²) in [7, 11) is 1.76. The minimum absolute atomic E-state index is 0.00173. The van der Waals surface area contributed by atoms with Gasteiger partial charge in [-0.05, 0) is 18.7 Å². The second-order valence-corrected chi connectivity index (χ2v) is 4.08. The van der Waals surface area contributed by atoms with Crippen LogP contribution in [0.4, 0.5) is 0 Å². The first-order chi connectivity index (χ1) is 7.06. The Kier molecular flexibility index (Phi) is 4.24. The molecule has 0 amide bonds. The van der Waals surface area contributed by atoms with E-state index in [9.17, 15) is 4.79 Å². The average Bonchev–Trinajstić information content (AvgIpc) is 2.21. The summed E-state index contributed by atoms with van der Waals surface area (Å²) in [6, 6.07) is 3.21. The molecule has 1 atom stereocenters. The van der Waals surface area contributed by atoms with Gasteiger partial charge < -0.3 is 5.32 Å². The highest BCUT2D eigenvalue weighted by Gasteiger charge is 2.21. The van der Waals surface area contributed by atoms with E-state index in [4.69, 9.17) is 11.6 Å². The van der Waals surface area contributed by atoms with Crippen LogP contribution in [0.1, 0.15) is 25.5 Å².